The van der Waals surface area contributed by atoms with Gasteiger partial charge in [0.1, 0.15) is 5.60 Å². The third-order valence-corrected chi connectivity index (χ3v) is 4.92. The lowest BCUT2D eigenvalue weighted by molar-refractivity contribution is -0.0118. The van der Waals surface area contributed by atoms with Crippen molar-refractivity contribution in [2.24, 2.45) is 5.92 Å². The first-order valence-electron chi connectivity index (χ1n) is 8.87. The Labute approximate surface area is 134 Å². The summed E-state index contributed by atoms with van der Waals surface area (Å²) in [6.07, 6.45) is 4.88. The van der Waals surface area contributed by atoms with Crippen LogP contribution in [-0.4, -0.2) is 66.3 Å². The molecule has 1 aliphatic carbocycles. The minimum Gasteiger partial charge on any atom is -0.444 e. The van der Waals surface area contributed by atoms with Gasteiger partial charge in [-0.25, -0.2) is 4.79 Å². The number of nitrogens with zero attached hydrogens (tertiary/aromatic N) is 2. The summed E-state index contributed by atoms with van der Waals surface area (Å²) in [5, 5.41) is 3.28. The van der Waals surface area contributed by atoms with Crippen molar-refractivity contribution in [3.8, 4) is 0 Å². The zero-order chi connectivity index (χ0) is 15.7. The minimum atomic E-state index is -0.417. The van der Waals surface area contributed by atoms with Crippen molar-refractivity contribution < 1.29 is 9.53 Å². The molecular weight excluding hydrogens is 278 g/mol. The summed E-state index contributed by atoms with van der Waals surface area (Å²) in [5.41, 5.74) is -0.417. The first kappa shape index (κ1) is 16.1. The summed E-state index contributed by atoms with van der Waals surface area (Å²) in [6.45, 7) is 11.2. The van der Waals surface area contributed by atoms with Crippen molar-refractivity contribution in [2.75, 3.05) is 32.7 Å². The molecule has 1 saturated carbocycles. The number of rotatable bonds is 4. The normalized spacial score (nSPS) is 24.9. The zero-order valence-electron chi connectivity index (χ0n) is 14.3. The van der Waals surface area contributed by atoms with Gasteiger partial charge in [-0.2, -0.15) is 0 Å². The molecule has 3 rings (SSSR count). The maximum Gasteiger partial charge on any atom is 0.410 e. The summed E-state index contributed by atoms with van der Waals surface area (Å²) >= 11 is 0. The largest absolute Gasteiger partial charge is 0.444 e. The van der Waals surface area contributed by atoms with Crippen molar-refractivity contribution in [1.82, 2.24) is 15.1 Å². The molecule has 5 nitrogen and oxygen atoms in total. The van der Waals surface area contributed by atoms with Crippen LogP contribution in [0.5, 0.6) is 0 Å². The highest BCUT2D eigenvalue weighted by molar-refractivity contribution is 5.69. The molecule has 0 aromatic rings. The number of hydrogen-bond donors (Lipinski definition) is 1. The Hall–Kier alpha value is -0.810. The Morgan fingerprint density at radius 1 is 1.14 bits per heavy atom. The molecule has 0 atom stereocenters. The third kappa shape index (κ3) is 4.13. The summed E-state index contributed by atoms with van der Waals surface area (Å²) in [5.74, 6) is 0.953. The van der Waals surface area contributed by atoms with Gasteiger partial charge in [0.15, 0.2) is 0 Å². The Morgan fingerprint density at radius 2 is 1.77 bits per heavy atom. The van der Waals surface area contributed by atoms with Crippen LogP contribution in [0.25, 0.3) is 0 Å². The average molecular weight is 309 g/mol. The highest BCUT2D eigenvalue weighted by atomic mass is 16.6. The molecule has 2 aliphatic heterocycles. The van der Waals surface area contributed by atoms with Gasteiger partial charge in [0.25, 0.3) is 0 Å². The molecule has 0 bridgehead atoms. The van der Waals surface area contributed by atoms with Crippen LogP contribution in [0.4, 0.5) is 4.79 Å². The molecule has 1 N–H and O–H groups in total. The van der Waals surface area contributed by atoms with E-state index in [1.54, 1.807) is 0 Å². The topological polar surface area (TPSA) is 44.8 Å². The zero-order valence-corrected chi connectivity index (χ0v) is 14.3. The molecule has 0 radical (unpaired) electrons. The lowest BCUT2D eigenvalue weighted by atomic mass is 9.99. The molecule has 2 saturated heterocycles. The molecule has 3 aliphatic rings. The van der Waals surface area contributed by atoms with Crippen LogP contribution in [0, 0.1) is 5.92 Å². The van der Waals surface area contributed by atoms with Gasteiger partial charge in [-0.1, -0.05) is 0 Å². The maximum absolute atomic E-state index is 12.6. The molecule has 2 heterocycles. The fourth-order valence-corrected chi connectivity index (χ4v) is 3.43. The van der Waals surface area contributed by atoms with Gasteiger partial charge in [-0.05, 0) is 52.4 Å². The molecule has 126 valence electrons. The molecular formula is C17H31N3O2. The van der Waals surface area contributed by atoms with Gasteiger partial charge >= 0.3 is 6.09 Å². The Balaban J connectivity index is 1.56. The van der Waals surface area contributed by atoms with Crippen molar-refractivity contribution in [1.29, 1.82) is 0 Å². The van der Waals surface area contributed by atoms with Gasteiger partial charge in [0.05, 0.1) is 6.04 Å². The first-order chi connectivity index (χ1) is 10.4. The molecule has 5 heteroatoms. The smallest absolute Gasteiger partial charge is 0.410 e. The first-order valence-corrected chi connectivity index (χ1v) is 8.87. The molecule has 0 unspecified atom stereocenters. The van der Waals surface area contributed by atoms with Crippen LogP contribution in [0.2, 0.25) is 0 Å². The van der Waals surface area contributed by atoms with Crippen LogP contribution in [0.15, 0.2) is 0 Å². The number of amides is 1. The van der Waals surface area contributed by atoms with E-state index in [1.807, 2.05) is 25.7 Å². The summed E-state index contributed by atoms with van der Waals surface area (Å²) in [4.78, 5) is 17.2. The second-order valence-corrected chi connectivity index (χ2v) is 8.17. The van der Waals surface area contributed by atoms with E-state index in [9.17, 15) is 4.79 Å². The predicted molar refractivity (Wildman–Crippen MR) is 86.9 cm³/mol. The predicted octanol–water partition coefficient (Wildman–Crippen LogP) is 2.07. The lowest BCUT2D eigenvalue weighted by Gasteiger charge is -2.45. The van der Waals surface area contributed by atoms with E-state index in [0.717, 1.165) is 44.9 Å². The van der Waals surface area contributed by atoms with E-state index in [4.69, 9.17) is 4.74 Å². The number of nitrogens with one attached hydrogen (secondary N) is 1. The third-order valence-electron chi connectivity index (χ3n) is 4.92. The fraction of sp³-hybridized carbons (Fsp3) is 0.941. The number of carbonyl (C=O) groups is 1. The van der Waals surface area contributed by atoms with E-state index in [2.05, 4.69) is 10.2 Å². The fourth-order valence-electron chi connectivity index (χ4n) is 3.43. The van der Waals surface area contributed by atoms with E-state index in [-0.39, 0.29) is 6.09 Å². The Bertz CT molecular complexity index is 391. The highest BCUT2D eigenvalue weighted by Gasteiger charge is 2.38. The van der Waals surface area contributed by atoms with E-state index < -0.39 is 5.60 Å². The second-order valence-electron chi connectivity index (χ2n) is 8.17. The average Bonchev–Trinajstić information content (AvgIpc) is 3.16. The van der Waals surface area contributed by atoms with Crippen molar-refractivity contribution in [3.63, 3.8) is 0 Å². The highest BCUT2D eigenvalue weighted by Crippen LogP contribution is 2.31. The molecule has 3 fully saturated rings. The number of hydrogen-bond acceptors (Lipinski definition) is 4. The summed E-state index contributed by atoms with van der Waals surface area (Å²) < 4.78 is 5.66. The monoisotopic (exact) mass is 309 g/mol. The van der Waals surface area contributed by atoms with Gasteiger partial charge in [0.2, 0.25) is 0 Å². The van der Waals surface area contributed by atoms with E-state index in [0.29, 0.717) is 12.1 Å². The van der Waals surface area contributed by atoms with Crippen molar-refractivity contribution in [2.45, 2.75) is 64.1 Å². The van der Waals surface area contributed by atoms with Crippen LogP contribution < -0.4 is 5.32 Å². The summed E-state index contributed by atoms with van der Waals surface area (Å²) in [7, 11) is 0. The van der Waals surface area contributed by atoms with Crippen LogP contribution >= 0.6 is 0 Å². The minimum absolute atomic E-state index is 0.125. The number of carbonyl (C=O) groups excluding carboxylic acids is 1. The molecule has 0 spiro atoms. The van der Waals surface area contributed by atoms with Gasteiger partial charge in [0, 0.05) is 38.8 Å². The van der Waals surface area contributed by atoms with Gasteiger partial charge < -0.3 is 15.0 Å². The quantitative estimate of drug-likeness (QED) is 0.863. The van der Waals surface area contributed by atoms with Crippen LogP contribution in [0.1, 0.15) is 46.5 Å². The Kier molecular flexibility index (Phi) is 4.64. The van der Waals surface area contributed by atoms with Crippen molar-refractivity contribution in [3.05, 3.63) is 0 Å². The van der Waals surface area contributed by atoms with E-state index >= 15 is 0 Å². The molecule has 1 amide bonds. The second kappa shape index (κ2) is 6.36. The van der Waals surface area contributed by atoms with E-state index in [1.165, 1.54) is 19.4 Å². The standard InChI is InChI=1S/C17H31N3O2/c1-17(2,3)22-16(21)20(15-10-18-11-15)14-6-8-19(9-7-14)12-13-4-5-13/h13-15,18H,4-12H2,1-3H3. The lowest BCUT2D eigenvalue weighted by Crippen LogP contribution is -2.63. The van der Waals surface area contributed by atoms with Crippen LogP contribution in [0.3, 0.4) is 0 Å². The number of piperidine rings is 1. The Morgan fingerprint density at radius 3 is 2.23 bits per heavy atom. The number of likely N-dealkylation sites (tertiary alicyclic amines) is 1. The molecule has 0 aromatic carbocycles. The summed E-state index contributed by atoms with van der Waals surface area (Å²) in [6, 6.07) is 0.659. The van der Waals surface area contributed by atoms with Gasteiger partial charge in [-0.15, -0.1) is 0 Å². The number of ether oxygens (including phenoxy) is 1. The molecule has 22 heavy (non-hydrogen) atoms. The van der Waals surface area contributed by atoms with Gasteiger partial charge in [-0.3, -0.25) is 4.90 Å². The SMILES string of the molecule is CC(C)(C)OC(=O)N(C1CCN(CC2CC2)CC1)C1CNC1. The maximum atomic E-state index is 12.6. The van der Waals surface area contributed by atoms with Crippen LogP contribution in [-0.2, 0) is 4.74 Å². The molecule has 0 aromatic heterocycles. The van der Waals surface area contributed by atoms with Crippen molar-refractivity contribution >= 4 is 6.09 Å².